The Kier molecular flexibility index (Phi) is 9.11. The number of nitrogens with one attached hydrogen (secondary N) is 3. The molecule has 3 N–H and O–H groups in total. The quantitative estimate of drug-likeness (QED) is 0.484. The Hall–Kier alpha value is -2.08. The molecule has 0 aromatic heterocycles. The molecule has 0 aliphatic carbocycles. The molecule has 1 aliphatic heterocycles. The van der Waals surface area contributed by atoms with E-state index in [1.165, 1.54) is 13.0 Å². The highest BCUT2D eigenvalue weighted by Crippen LogP contribution is 2.12. The second-order valence-corrected chi connectivity index (χ2v) is 7.18. The molecule has 2 rings (SSSR count). The third-order valence-electron chi connectivity index (χ3n) is 4.84. The van der Waals surface area contributed by atoms with Gasteiger partial charge in [-0.2, -0.15) is 0 Å². The van der Waals surface area contributed by atoms with Crippen molar-refractivity contribution in [2.45, 2.75) is 58.5 Å². The van der Waals surface area contributed by atoms with E-state index in [-0.39, 0.29) is 5.91 Å². The first-order chi connectivity index (χ1) is 13.1. The summed E-state index contributed by atoms with van der Waals surface area (Å²) in [6.07, 6.45) is 4.93. The molecule has 1 aromatic carbocycles. The van der Waals surface area contributed by atoms with Gasteiger partial charge in [0.1, 0.15) is 0 Å². The lowest BCUT2D eigenvalue weighted by atomic mass is 10.1. The molecular weight excluding hydrogens is 338 g/mol. The lowest BCUT2D eigenvalue weighted by molar-refractivity contribution is -0.116. The number of piperidine rings is 1. The number of benzene rings is 1. The SMILES string of the molecule is CCCC(=O)Nc1cccc(CNC(=NC)NC2CCN(CCC)CC2)c1. The number of guanidine groups is 1. The van der Waals surface area contributed by atoms with Gasteiger partial charge in [-0.05, 0) is 49.9 Å². The summed E-state index contributed by atoms with van der Waals surface area (Å²) in [5.41, 5.74) is 1.96. The number of amides is 1. The number of anilines is 1. The molecule has 1 heterocycles. The van der Waals surface area contributed by atoms with Gasteiger partial charge in [-0.3, -0.25) is 9.79 Å². The van der Waals surface area contributed by atoms with Crippen molar-refractivity contribution in [1.29, 1.82) is 0 Å². The third-order valence-corrected chi connectivity index (χ3v) is 4.84. The first-order valence-electron chi connectivity index (χ1n) is 10.2. The van der Waals surface area contributed by atoms with Crippen molar-refractivity contribution in [2.24, 2.45) is 4.99 Å². The molecule has 0 spiro atoms. The summed E-state index contributed by atoms with van der Waals surface area (Å²) in [6, 6.07) is 8.44. The highest BCUT2D eigenvalue weighted by atomic mass is 16.1. The molecule has 6 nitrogen and oxygen atoms in total. The van der Waals surface area contributed by atoms with Gasteiger partial charge in [0.05, 0.1) is 0 Å². The van der Waals surface area contributed by atoms with Crippen molar-refractivity contribution in [3.8, 4) is 0 Å². The van der Waals surface area contributed by atoms with Gasteiger partial charge in [0.15, 0.2) is 5.96 Å². The smallest absolute Gasteiger partial charge is 0.224 e. The summed E-state index contributed by atoms with van der Waals surface area (Å²) >= 11 is 0. The molecule has 0 atom stereocenters. The molecule has 0 radical (unpaired) electrons. The van der Waals surface area contributed by atoms with E-state index >= 15 is 0 Å². The van der Waals surface area contributed by atoms with Gasteiger partial charge in [0.25, 0.3) is 0 Å². The maximum Gasteiger partial charge on any atom is 0.224 e. The molecule has 1 aliphatic rings. The Morgan fingerprint density at radius 2 is 2.00 bits per heavy atom. The molecular formula is C21H35N5O. The summed E-state index contributed by atoms with van der Waals surface area (Å²) in [6.45, 7) is 8.42. The Bertz CT molecular complexity index is 608. The zero-order chi connectivity index (χ0) is 19.5. The van der Waals surface area contributed by atoms with Crippen LogP contribution in [0.5, 0.6) is 0 Å². The lowest BCUT2D eigenvalue weighted by Gasteiger charge is -2.32. The number of carbonyl (C=O) groups is 1. The Morgan fingerprint density at radius 1 is 1.22 bits per heavy atom. The fourth-order valence-electron chi connectivity index (χ4n) is 3.40. The van der Waals surface area contributed by atoms with Gasteiger partial charge in [0.2, 0.25) is 5.91 Å². The van der Waals surface area contributed by atoms with Crippen LogP contribution in [0, 0.1) is 0 Å². The number of rotatable bonds is 8. The minimum atomic E-state index is 0.0644. The number of nitrogens with zero attached hydrogens (tertiary/aromatic N) is 2. The summed E-state index contributed by atoms with van der Waals surface area (Å²) in [5, 5.41) is 9.88. The maximum atomic E-state index is 11.8. The number of carbonyl (C=O) groups excluding carboxylic acids is 1. The monoisotopic (exact) mass is 373 g/mol. The van der Waals surface area contributed by atoms with Gasteiger partial charge in [-0.15, -0.1) is 0 Å². The number of aliphatic imine (C=N–C) groups is 1. The average molecular weight is 374 g/mol. The molecule has 1 amide bonds. The highest BCUT2D eigenvalue weighted by Gasteiger charge is 2.19. The van der Waals surface area contributed by atoms with Crippen molar-refractivity contribution < 1.29 is 4.79 Å². The number of likely N-dealkylation sites (tertiary alicyclic amines) is 1. The van der Waals surface area contributed by atoms with Crippen molar-refractivity contribution >= 4 is 17.6 Å². The van der Waals surface area contributed by atoms with Crippen LogP contribution in [0.15, 0.2) is 29.3 Å². The van der Waals surface area contributed by atoms with Gasteiger partial charge >= 0.3 is 0 Å². The second kappa shape index (κ2) is 11.6. The minimum absolute atomic E-state index is 0.0644. The van der Waals surface area contributed by atoms with E-state index in [9.17, 15) is 4.79 Å². The van der Waals surface area contributed by atoms with Gasteiger partial charge in [0, 0.05) is 44.8 Å². The van der Waals surface area contributed by atoms with Crippen molar-refractivity contribution in [3.63, 3.8) is 0 Å². The Morgan fingerprint density at radius 3 is 2.67 bits per heavy atom. The van der Waals surface area contributed by atoms with Crippen LogP contribution in [0.4, 0.5) is 5.69 Å². The summed E-state index contributed by atoms with van der Waals surface area (Å²) in [7, 11) is 1.81. The normalized spacial score (nSPS) is 16.2. The maximum absolute atomic E-state index is 11.8. The zero-order valence-corrected chi connectivity index (χ0v) is 17.1. The summed E-state index contributed by atoms with van der Waals surface area (Å²) < 4.78 is 0. The second-order valence-electron chi connectivity index (χ2n) is 7.18. The fourth-order valence-corrected chi connectivity index (χ4v) is 3.40. The lowest BCUT2D eigenvalue weighted by Crippen LogP contribution is -2.48. The molecule has 0 bridgehead atoms. The van der Waals surface area contributed by atoms with E-state index in [4.69, 9.17) is 0 Å². The predicted octanol–water partition coefficient (Wildman–Crippen LogP) is 2.96. The van der Waals surface area contributed by atoms with E-state index < -0.39 is 0 Å². The van der Waals surface area contributed by atoms with Crippen molar-refractivity contribution in [2.75, 3.05) is 32.0 Å². The first kappa shape index (κ1) is 21.2. The Balaban J connectivity index is 1.80. The van der Waals surface area contributed by atoms with E-state index in [2.05, 4.69) is 38.8 Å². The Labute approximate surface area is 163 Å². The zero-order valence-electron chi connectivity index (χ0n) is 17.1. The van der Waals surface area contributed by atoms with E-state index in [1.54, 1.807) is 0 Å². The van der Waals surface area contributed by atoms with Crippen LogP contribution in [-0.2, 0) is 11.3 Å². The largest absolute Gasteiger partial charge is 0.354 e. The van der Waals surface area contributed by atoms with Gasteiger partial charge in [-0.25, -0.2) is 0 Å². The highest BCUT2D eigenvalue weighted by molar-refractivity contribution is 5.90. The first-order valence-corrected chi connectivity index (χ1v) is 10.2. The molecule has 1 fully saturated rings. The standard InChI is InChI=1S/C21H35N5O/c1-4-7-20(27)24-19-9-6-8-17(15-19)16-23-21(22-3)25-18-10-13-26(12-5-2)14-11-18/h6,8-9,15,18H,4-5,7,10-14,16H2,1-3H3,(H,24,27)(H2,22,23,25). The molecule has 0 unspecified atom stereocenters. The molecule has 1 aromatic rings. The molecule has 6 heteroatoms. The van der Waals surface area contributed by atoms with Crippen LogP contribution >= 0.6 is 0 Å². The van der Waals surface area contributed by atoms with Crippen LogP contribution in [-0.4, -0.2) is 49.5 Å². The van der Waals surface area contributed by atoms with Crippen molar-refractivity contribution in [1.82, 2.24) is 15.5 Å². The molecule has 0 saturated carbocycles. The van der Waals surface area contributed by atoms with E-state index in [0.29, 0.717) is 19.0 Å². The van der Waals surface area contributed by atoms with Crippen LogP contribution in [0.1, 0.15) is 51.5 Å². The van der Waals surface area contributed by atoms with Crippen molar-refractivity contribution in [3.05, 3.63) is 29.8 Å². The average Bonchev–Trinajstić information content (AvgIpc) is 2.67. The van der Waals surface area contributed by atoms with Gasteiger partial charge < -0.3 is 20.9 Å². The van der Waals surface area contributed by atoms with E-state index in [0.717, 1.165) is 49.6 Å². The number of hydrogen-bond acceptors (Lipinski definition) is 3. The van der Waals surface area contributed by atoms with Crippen LogP contribution < -0.4 is 16.0 Å². The van der Waals surface area contributed by atoms with Crippen LogP contribution in [0.25, 0.3) is 0 Å². The fraction of sp³-hybridized carbons (Fsp3) is 0.619. The van der Waals surface area contributed by atoms with E-state index in [1.807, 2.05) is 32.2 Å². The molecule has 150 valence electrons. The van der Waals surface area contributed by atoms with Crippen LogP contribution in [0.2, 0.25) is 0 Å². The van der Waals surface area contributed by atoms with Gasteiger partial charge in [-0.1, -0.05) is 26.0 Å². The summed E-state index contributed by atoms with van der Waals surface area (Å²) in [5.74, 6) is 0.902. The number of hydrogen-bond donors (Lipinski definition) is 3. The predicted molar refractivity (Wildman–Crippen MR) is 113 cm³/mol. The third kappa shape index (κ3) is 7.59. The summed E-state index contributed by atoms with van der Waals surface area (Å²) in [4.78, 5) is 18.7. The topological polar surface area (TPSA) is 68.8 Å². The minimum Gasteiger partial charge on any atom is -0.354 e. The molecule has 1 saturated heterocycles. The van der Waals surface area contributed by atoms with Crippen LogP contribution in [0.3, 0.4) is 0 Å². The molecule has 27 heavy (non-hydrogen) atoms.